The van der Waals surface area contributed by atoms with Gasteiger partial charge in [-0.1, -0.05) is 12.1 Å². The number of halogens is 3. The molecule has 8 nitrogen and oxygen atoms in total. The molecule has 1 aliphatic rings. The Morgan fingerprint density at radius 1 is 1.10 bits per heavy atom. The van der Waals surface area contributed by atoms with Crippen molar-refractivity contribution in [2.75, 3.05) is 6.61 Å². The van der Waals surface area contributed by atoms with Crippen LogP contribution in [0.15, 0.2) is 54.6 Å². The van der Waals surface area contributed by atoms with Gasteiger partial charge in [0.15, 0.2) is 0 Å². The van der Waals surface area contributed by atoms with Gasteiger partial charge in [-0.25, -0.2) is 27.9 Å². The average Bonchev–Trinajstić information content (AvgIpc) is 3.50. The molecular weight excluding hydrogens is 569 g/mol. The fraction of sp³-hybridized carbons (Fsp3) is 0.200. The summed E-state index contributed by atoms with van der Waals surface area (Å²) < 4.78 is 57.9. The third-order valence-corrected chi connectivity index (χ3v) is 7.96. The number of fused-ring (bicyclic) bond motifs is 1. The zero-order valence-electron chi connectivity index (χ0n) is 21.8. The zero-order chi connectivity index (χ0) is 29.4. The first-order valence-corrected chi connectivity index (χ1v) is 13.7. The second-order valence-corrected chi connectivity index (χ2v) is 10.7. The number of ether oxygens (including phenoxy) is 2. The molecule has 3 aromatic heterocycles. The highest BCUT2D eigenvalue weighted by Crippen LogP contribution is 2.31. The molecule has 0 aliphatic carbocycles. The van der Waals surface area contributed by atoms with Crippen LogP contribution in [0.4, 0.5) is 13.2 Å². The molecule has 212 valence electrons. The molecule has 0 radical (unpaired) electrons. The molecule has 1 aliphatic heterocycles. The summed E-state index contributed by atoms with van der Waals surface area (Å²) >= 11 is 1.02. The first-order valence-electron chi connectivity index (χ1n) is 12.9. The minimum absolute atomic E-state index is 0.0215. The van der Waals surface area contributed by atoms with Gasteiger partial charge in [0, 0.05) is 30.2 Å². The number of carboxylic acids is 1. The third kappa shape index (κ3) is 5.44. The minimum atomic E-state index is -1.06. The summed E-state index contributed by atoms with van der Waals surface area (Å²) in [4.78, 5) is 20.9. The van der Waals surface area contributed by atoms with Crippen molar-refractivity contribution in [2.24, 2.45) is 0 Å². The quantitative estimate of drug-likeness (QED) is 0.221. The maximum Gasteiger partial charge on any atom is 0.346 e. The van der Waals surface area contributed by atoms with Crippen molar-refractivity contribution in [3.63, 3.8) is 0 Å². The summed E-state index contributed by atoms with van der Waals surface area (Å²) in [6.07, 6.45) is 0.754. The Kier molecular flexibility index (Phi) is 7.36. The number of nitriles is 1. The van der Waals surface area contributed by atoms with Gasteiger partial charge in [0.25, 0.3) is 0 Å². The lowest BCUT2D eigenvalue weighted by Gasteiger charge is -2.27. The van der Waals surface area contributed by atoms with E-state index < -0.39 is 23.4 Å². The molecule has 12 heteroatoms. The van der Waals surface area contributed by atoms with Gasteiger partial charge in [-0.05, 0) is 48.4 Å². The molecule has 1 atom stereocenters. The first kappa shape index (κ1) is 27.4. The van der Waals surface area contributed by atoms with Crippen LogP contribution < -0.4 is 4.74 Å². The van der Waals surface area contributed by atoms with E-state index in [1.807, 2.05) is 10.6 Å². The van der Waals surface area contributed by atoms with Gasteiger partial charge in [0.05, 0.1) is 35.5 Å². The number of aromatic nitrogens is 3. The van der Waals surface area contributed by atoms with Gasteiger partial charge in [0.2, 0.25) is 5.88 Å². The molecule has 6 rings (SSSR count). The van der Waals surface area contributed by atoms with E-state index in [0.717, 1.165) is 36.0 Å². The number of benzene rings is 2. The van der Waals surface area contributed by atoms with Crippen molar-refractivity contribution >= 4 is 27.7 Å². The summed E-state index contributed by atoms with van der Waals surface area (Å²) in [7, 11) is 0. The molecule has 0 bridgehead atoms. The lowest BCUT2D eigenvalue weighted by atomic mass is 10.0. The summed E-state index contributed by atoms with van der Waals surface area (Å²) in [6.45, 7) is 0.885. The van der Waals surface area contributed by atoms with E-state index in [4.69, 9.17) is 14.7 Å². The van der Waals surface area contributed by atoms with Crippen LogP contribution in [-0.4, -0.2) is 38.3 Å². The summed E-state index contributed by atoms with van der Waals surface area (Å²) in [5.41, 5.74) is 1.13. The molecule has 5 aromatic rings. The van der Waals surface area contributed by atoms with Crippen LogP contribution in [0.1, 0.15) is 38.6 Å². The lowest BCUT2D eigenvalue weighted by Crippen LogP contribution is -2.31. The number of carboxylic acid groups (broad SMARTS) is 1. The monoisotopic (exact) mass is 590 g/mol. The molecule has 4 heterocycles. The Hall–Kier alpha value is -4.73. The maximum atomic E-state index is 15.4. The van der Waals surface area contributed by atoms with Crippen LogP contribution in [-0.2, 0) is 24.3 Å². The van der Waals surface area contributed by atoms with E-state index in [9.17, 15) is 14.3 Å². The Morgan fingerprint density at radius 3 is 2.62 bits per heavy atom. The highest BCUT2D eigenvalue weighted by molar-refractivity contribution is 7.20. The normalized spacial score (nSPS) is 14.5. The molecule has 0 amide bonds. The molecule has 1 saturated heterocycles. The molecule has 0 saturated carbocycles. The predicted molar refractivity (Wildman–Crippen MR) is 147 cm³/mol. The van der Waals surface area contributed by atoms with Crippen LogP contribution in [0, 0.1) is 28.8 Å². The molecular formula is C30H21F3N4O4S. The number of imidazole rings is 1. The Balaban J connectivity index is 1.24. The van der Waals surface area contributed by atoms with Crippen molar-refractivity contribution in [1.29, 1.82) is 5.26 Å². The van der Waals surface area contributed by atoms with Crippen molar-refractivity contribution in [2.45, 2.75) is 32.1 Å². The average molecular weight is 591 g/mol. The number of nitrogens with zero attached hydrogens (tertiary/aromatic N) is 4. The van der Waals surface area contributed by atoms with Crippen LogP contribution in [0.25, 0.3) is 21.6 Å². The SMILES string of the molecule is N#Cc1ccc(COc2cccc(-c3cc(F)c(Cc4nc5sc(C(=O)O)cc5n4CC4CCO4)cc3F)n2)c(F)c1. The molecule has 1 fully saturated rings. The summed E-state index contributed by atoms with van der Waals surface area (Å²) in [5, 5.41) is 18.3. The van der Waals surface area contributed by atoms with Crippen molar-refractivity contribution in [3.8, 4) is 23.2 Å². The second kappa shape index (κ2) is 11.3. The highest BCUT2D eigenvalue weighted by Gasteiger charge is 2.25. The molecule has 0 spiro atoms. The van der Waals surface area contributed by atoms with E-state index in [1.54, 1.807) is 6.07 Å². The Bertz CT molecular complexity index is 1880. The highest BCUT2D eigenvalue weighted by atomic mass is 32.1. The molecule has 2 aromatic carbocycles. The summed E-state index contributed by atoms with van der Waals surface area (Å²) in [5.74, 6) is -2.47. The Labute approximate surface area is 241 Å². The van der Waals surface area contributed by atoms with E-state index in [-0.39, 0.29) is 57.8 Å². The number of rotatable bonds is 9. The largest absolute Gasteiger partial charge is 0.477 e. The number of pyridine rings is 1. The Morgan fingerprint density at radius 2 is 1.90 bits per heavy atom. The van der Waals surface area contributed by atoms with Crippen LogP contribution in [0.5, 0.6) is 5.88 Å². The number of hydrogen-bond donors (Lipinski definition) is 1. The van der Waals surface area contributed by atoms with E-state index >= 15 is 8.78 Å². The standard InChI is InChI=1S/C30H21F3N4O4S/c31-21-8-16(13-34)4-5-17(21)15-41-28-3-1-2-24(35-28)20-11-22(32)18(9-23(20)33)10-27-36-29-25(12-26(42-29)30(38)39)37(27)14-19-6-7-40-19/h1-5,8-9,11-12,19H,6-7,10,14-15H2,(H,38,39). The lowest BCUT2D eigenvalue weighted by molar-refractivity contribution is -0.0589. The summed E-state index contributed by atoms with van der Waals surface area (Å²) in [6, 6.07) is 14.1. The van der Waals surface area contributed by atoms with Crippen LogP contribution in [0.2, 0.25) is 0 Å². The number of hydrogen-bond acceptors (Lipinski definition) is 7. The van der Waals surface area contributed by atoms with E-state index in [0.29, 0.717) is 29.3 Å². The van der Waals surface area contributed by atoms with Gasteiger partial charge >= 0.3 is 5.97 Å². The number of aromatic carboxylic acids is 1. The minimum Gasteiger partial charge on any atom is -0.477 e. The fourth-order valence-corrected chi connectivity index (χ4v) is 5.55. The number of carbonyl (C=O) groups is 1. The van der Waals surface area contributed by atoms with E-state index in [2.05, 4.69) is 9.97 Å². The smallest absolute Gasteiger partial charge is 0.346 e. The third-order valence-electron chi connectivity index (χ3n) is 6.96. The number of thiophene rings is 1. The van der Waals surface area contributed by atoms with Crippen LogP contribution >= 0.6 is 11.3 Å². The zero-order valence-corrected chi connectivity index (χ0v) is 22.6. The van der Waals surface area contributed by atoms with E-state index in [1.165, 1.54) is 30.3 Å². The van der Waals surface area contributed by atoms with Crippen LogP contribution in [0.3, 0.4) is 0 Å². The fourth-order valence-electron chi connectivity index (χ4n) is 4.66. The molecule has 42 heavy (non-hydrogen) atoms. The van der Waals surface area contributed by atoms with Crippen molar-refractivity contribution in [3.05, 3.63) is 99.4 Å². The molecule has 1 N–H and O–H groups in total. The van der Waals surface area contributed by atoms with Gasteiger partial charge in [-0.2, -0.15) is 5.26 Å². The predicted octanol–water partition coefficient (Wildman–Crippen LogP) is 6.11. The second-order valence-electron chi connectivity index (χ2n) is 9.69. The van der Waals surface area contributed by atoms with Gasteiger partial charge in [0.1, 0.15) is 39.6 Å². The van der Waals surface area contributed by atoms with Gasteiger partial charge in [-0.15, -0.1) is 11.3 Å². The maximum absolute atomic E-state index is 15.4. The molecule has 1 unspecified atom stereocenters. The first-order chi connectivity index (χ1) is 20.3. The van der Waals surface area contributed by atoms with Gasteiger partial charge in [-0.3, -0.25) is 0 Å². The van der Waals surface area contributed by atoms with Gasteiger partial charge < -0.3 is 19.1 Å². The van der Waals surface area contributed by atoms with Crippen molar-refractivity contribution in [1.82, 2.24) is 14.5 Å². The topological polar surface area (TPSA) is 110 Å². The van der Waals surface area contributed by atoms with Crippen molar-refractivity contribution < 1.29 is 32.5 Å².